The Bertz CT molecular complexity index is 559. The van der Waals surface area contributed by atoms with E-state index in [-0.39, 0.29) is 23.0 Å². The van der Waals surface area contributed by atoms with Gasteiger partial charge in [0.25, 0.3) is 0 Å². The molecule has 0 atom stereocenters. The molecule has 0 fully saturated rings. The molecule has 1 aromatic heterocycles. The summed E-state index contributed by atoms with van der Waals surface area (Å²) in [6.07, 6.45) is 1.74. The summed E-state index contributed by atoms with van der Waals surface area (Å²) < 4.78 is 25.5. The lowest BCUT2D eigenvalue weighted by atomic mass is 10.1. The van der Waals surface area contributed by atoms with Gasteiger partial charge in [-0.1, -0.05) is 5.16 Å². The van der Waals surface area contributed by atoms with E-state index in [4.69, 9.17) is 4.84 Å². The highest BCUT2D eigenvalue weighted by atomic mass is 32.2. The Morgan fingerprint density at radius 2 is 2.24 bits per heavy atom. The molecular weight excluding hydrogens is 244 g/mol. The topological polar surface area (TPSA) is 86.4 Å². The molecule has 0 bridgehead atoms. The van der Waals surface area contributed by atoms with Crippen molar-refractivity contribution in [2.24, 2.45) is 12.2 Å². The Labute approximate surface area is 99.4 Å². The lowest BCUT2D eigenvalue weighted by Gasteiger charge is -2.12. The maximum atomic E-state index is 12.0. The van der Waals surface area contributed by atoms with Crippen LogP contribution in [-0.4, -0.2) is 33.8 Å². The molecule has 2 rings (SSSR count). The molecule has 1 aromatic rings. The predicted octanol–water partition coefficient (Wildman–Crippen LogP) is 0.242. The molecule has 17 heavy (non-hydrogen) atoms. The van der Waals surface area contributed by atoms with Crippen molar-refractivity contribution in [3.63, 3.8) is 0 Å². The zero-order valence-corrected chi connectivity index (χ0v) is 10.7. The van der Waals surface area contributed by atoms with Crippen molar-refractivity contribution in [1.29, 1.82) is 0 Å². The first kappa shape index (κ1) is 12.0. The summed E-state index contributed by atoms with van der Waals surface area (Å²) in [4.78, 5) is 8.93. The fraction of sp³-hybridized carbons (Fsp3) is 0.667. The lowest BCUT2D eigenvalue weighted by Crippen LogP contribution is -2.23. The largest absolute Gasteiger partial charge is 0.389 e. The highest BCUT2D eigenvalue weighted by molar-refractivity contribution is 8.05. The fourth-order valence-corrected chi connectivity index (χ4v) is 2.83. The molecule has 0 saturated heterocycles. The zero-order valence-electron chi connectivity index (χ0n) is 9.91. The molecule has 7 nitrogen and oxygen atoms in total. The smallest absolute Gasteiger partial charge is 0.202 e. The Morgan fingerprint density at radius 3 is 2.71 bits per heavy atom. The summed E-state index contributed by atoms with van der Waals surface area (Å²) >= 11 is 0. The summed E-state index contributed by atoms with van der Waals surface area (Å²) in [6, 6.07) is 0. The van der Waals surface area contributed by atoms with E-state index < -0.39 is 15.4 Å². The lowest BCUT2D eigenvalue weighted by molar-refractivity contribution is 0.0123. The first-order valence-electron chi connectivity index (χ1n) is 5.11. The molecule has 1 aliphatic heterocycles. The normalized spacial score (nSPS) is 18.9. The van der Waals surface area contributed by atoms with Gasteiger partial charge in [0.15, 0.2) is 10.9 Å². The Kier molecular flexibility index (Phi) is 2.69. The average Bonchev–Trinajstić information content (AvgIpc) is 2.72. The van der Waals surface area contributed by atoms with Crippen molar-refractivity contribution in [1.82, 2.24) is 14.8 Å². The van der Waals surface area contributed by atoms with Crippen LogP contribution in [0.25, 0.3) is 0 Å². The highest BCUT2D eigenvalue weighted by Gasteiger charge is 2.36. The maximum Gasteiger partial charge on any atom is 0.202 e. The molecule has 0 N–H and O–H groups in total. The minimum Gasteiger partial charge on any atom is -0.389 e. The van der Waals surface area contributed by atoms with E-state index in [9.17, 15) is 8.42 Å². The van der Waals surface area contributed by atoms with E-state index in [1.807, 2.05) is 0 Å². The number of aromatic nitrogens is 3. The van der Waals surface area contributed by atoms with Crippen LogP contribution in [0.4, 0.5) is 0 Å². The maximum absolute atomic E-state index is 12.0. The van der Waals surface area contributed by atoms with E-state index in [1.54, 1.807) is 20.9 Å². The third-order valence-electron chi connectivity index (χ3n) is 2.30. The van der Waals surface area contributed by atoms with Crippen molar-refractivity contribution in [3.8, 4) is 0 Å². The molecule has 1 aliphatic rings. The summed E-state index contributed by atoms with van der Waals surface area (Å²) in [7, 11) is -1.80. The molecule has 0 aromatic carbocycles. The fourth-order valence-electron chi connectivity index (χ4n) is 1.47. The predicted molar refractivity (Wildman–Crippen MR) is 60.8 cm³/mol. The zero-order chi connectivity index (χ0) is 12.7. The summed E-state index contributed by atoms with van der Waals surface area (Å²) in [5.74, 6) is 0.0199. The van der Waals surface area contributed by atoms with Gasteiger partial charge in [-0.25, -0.2) is 13.4 Å². The van der Waals surface area contributed by atoms with Gasteiger partial charge in [-0.15, -0.1) is 0 Å². The standard InChI is InChI=1S/C9H14N4O3S/c1-9(2)4-8(12-16-9)17(14,15)5-7-10-6-13(3)11-7/h6H,4-5H2,1-3H3. The second kappa shape index (κ2) is 3.80. The third-order valence-corrected chi connectivity index (χ3v) is 3.87. The summed E-state index contributed by atoms with van der Waals surface area (Å²) in [5.41, 5.74) is -0.556. The van der Waals surface area contributed by atoms with Crippen LogP contribution in [0.1, 0.15) is 26.1 Å². The van der Waals surface area contributed by atoms with Gasteiger partial charge in [0.2, 0.25) is 9.84 Å². The molecular formula is C9H14N4O3S. The minimum atomic E-state index is -3.48. The first-order chi connectivity index (χ1) is 7.78. The number of rotatable bonds is 2. The highest BCUT2D eigenvalue weighted by Crippen LogP contribution is 2.25. The second-order valence-electron chi connectivity index (χ2n) is 4.61. The summed E-state index contributed by atoms with van der Waals surface area (Å²) in [6.45, 7) is 3.58. The van der Waals surface area contributed by atoms with Crippen molar-refractivity contribution in [2.45, 2.75) is 31.6 Å². The first-order valence-corrected chi connectivity index (χ1v) is 6.76. The van der Waals surface area contributed by atoms with Gasteiger partial charge in [0.1, 0.15) is 17.7 Å². The van der Waals surface area contributed by atoms with Crippen molar-refractivity contribution in [2.75, 3.05) is 0 Å². The molecule has 0 aliphatic carbocycles. The monoisotopic (exact) mass is 258 g/mol. The van der Waals surface area contributed by atoms with Crippen molar-refractivity contribution in [3.05, 3.63) is 12.2 Å². The number of hydrogen-bond donors (Lipinski definition) is 0. The van der Waals surface area contributed by atoms with Crippen LogP contribution >= 0.6 is 0 Å². The number of oxime groups is 1. The van der Waals surface area contributed by atoms with E-state index >= 15 is 0 Å². The van der Waals surface area contributed by atoms with Crippen LogP contribution in [0.3, 0.4) is 0 Å². The Balaban J connectivity index is 2.16. The van der Waals surface area contributed by atoms with Crippen LogP contribution in [-0.2, 0) is 27.5 Å². The van der Waals surface area contributed by atoms with Crippen LogP contribution in [0.2, 0.25) is 0 Å². The molecule has 0 spiro atoms. The van der Waals surface area contributed by atoms with E-state index in [0.717, 1.165) is 0 Å². The van der Waals surface area contributed by atoms with Crippen LogP contribution < -0.4 is 0 Å². The molecule has 94 valence electrons. The van der Waals surface area contributed by atoms with Crippen molar-refractivity contribution >= 4 is 14.9 Å². The van der Waals surface area contributed by atoms with Crippen molar-refractivity contribution < 1.29 is 13.3 Å². The van der Waals surface area contributed by atoms with Gasteiger partial charge < -0.3 is 4.84 Å². The van der Waals surface area contributed by atoms with Crippen LogP contribution in [0.5, 0.6) is 0 Å². The van der Waals surface area contributed by atoms with E-state index in [2.05, 4.69) is 15.2 Å². The average molecular weight is 258 g/mol. The molecule has 0 unspecified atom stereocenters. The summed E-state index contributed by atoms with van der Waals surface area (Å²) in [5, 5.41) is 7.63. The third kappa shape index (κ3) is 2.63. The van der Waals surface area contributed by atoms with Gasteiger partial charge in [-0.05, 0) is 13.8 Å². The van der Waals surface area contributed by atoms with Gasteiger partial charge in [0.05, 0.1) is 0 Å². The second-order valence-corrected chi connectivity index (χ2v) is 6.60. The minimum absolute atomic E-state index is 0.0648. The number of aryl methyl sites for hydroxylation is 1. The molecule has 0 saturated carbocycles. The molecule has 2 heterocycles. The van der Waals surface area contributed by atoms with Gasteiger partial charge in [-0.2, -0.15) is 5.10 Å². The Hall–Kier alpha value is -1.44. The van der Waals surface area contributed by atoms with Crippen LogP contribution in [0, 0.1) is 0 Å². The van der Waals surface area contributed by atoms with Gasteiger partial charge in [0, 0.05) is 13.5 Å². The number of nitrogens with zero attached hydrogens (tertiary/aromatic N) is 4. The van der Waals surface area contributed by atoms with Crippen LogP contribution in [0.15, 0.2) is 11.5 Å². The molecule has 0 amide bonds. The number of hydrogen-bond acceptors (Lipinski definition) is 6. The van der Waals surface area contributed by atoms with E-state index in [0.29, 0.717) is 0 Å². The quantitative estimate of drug-likeness (QED) is 0.758. The SMILES string of the molecule is Cn1cnc(CS(=O)(=O)C2=NOC(C)(C)C2)n1. The molecule has 8 heteroatoms. The number of sulfone groups is 1. The van der Waals surface area contributed by atoms with E-state index in [1.165, 1.54) is 11.0 Å². The molecule has 0 radical (unpaired) electrons. The Morgan fingerprint density at radius 1 is 1.53 bits per heavy atom. The van der Waals surface area contributed by atoms with Gasteiger partial charge >= 0.3 is 0 Å². The van der Waals surface area contributed by atoms with Gasteiger partial charge in [-0.3, -0.25) is 4.68 Å².